The summed E-state index contributed by atoms with van der Waals surface area (Å²) in [6.07, 6.45) is 1.12. The number of hydrogen-bond acceptors (Lipinski definition) is 2. The van der Waals surface area contributed by atoms with Crippen LogP contribution in [0.3, 0.4) is 0 Å². The van der Waals surface area contributed by atoms with Gasteiger partial charge in [-0.3, -0.25) is 0 Å². The van der Waals surface area contributed by atoms with Crippen LogP contribution in [-0.4, -0.2) is 23.9 Å². The van der Waals surface area contributed by atoms with Crippen molar-refractivity contribution in [2.75, 3.05) is 17.6 Å². The Labute approximate surface area is 62.7 Å². The van der Waals surface area contributed by atoms with E-state index in [4.69, 9.17) is 9.47 Å². The third-order valence-electron chi connectivity index (χ3n) is 1.02. The molecule has 0 radical (unpaired) electrons. The number of halogens is 1. The molecule has 0 aromatic rings. The topological polar surface area (TPSA) is 18.5 Å². The highest BCUT2D eigenvalue weighted by Crippen LogP contribution is 2.06. The second kappa shape index (κ2) is 3.63. The van der Waals surface area contributed by atoms with Gasteiger partial charge in [0, 0.05) is 0 Å². The van der Waals surface area contributed by atoms with E-state index in [0.717, 1.165) is 24.1 Å². The first-order valence-corrected chi connectivity index (χ1v) is 4.25. The third kappa shape index (κ3) is 1.87. The van der Waals surface area contributed by atoms with E-state index in [2.05, 4.69) is 22.6 Å². The Morgan fingerprint density at radius 1 is 1.38 bits per heavy atom. The maximum absolute atomic E-state index is 5.20. The summed E-state index contributed by atoms with van der Waals surface area (Å²) in [7, 11) is 0. The van der Waals surface area contributed by atoms with E-state index in [0.29, 0.717) is 0 Å². The van der Waals surface area contributed by atoms with Gasteiger partial charge >= 0.3 is 0 Å². The van der Waals surface area contributed by atoms with Crippen LogP contribution in [0.1, 0.15) is 6.42 Å². The lowest BCUT2D eigenvalue weighted by atomic mass is 10.4. The van der Waals surface area contributed by atoms with Gasteiger partial charge in [-0.2, -0.15) is 0 Å². The Morgan fingerprint density at radius 2 is 2.00 bits per heavy atom. The van der Waals surface area contributed by atoms with E-state index in [9.17, 15) is 0 Å². The molecule has 0 saturated carbocycles. The van der Waals surface area contributed by atoms with Crippen LogP contribution in [0.4, 0.5) is 0 Å². The van der Waals surface area contributed by atoms with E-state index in [1.807, 2.05) is 0 Å². The van der Waals surface area contributed by atoms with Crippen LogP contribution in [0.15, 0.2) is 0 Å². The lowest BCUT2D eigenvalue weighted by molar-refractivity contribution is -0.162. The molecule has 0 aliphatic carbocycles. The van der Waals surface area contributed by atoms with Crippen molar-refractivity contribution in [3.8, 4) is 0 Å². The van der Waals surface area contributed by atoms with Crippen molar-refractivity contribution in [1.82, 2.24) is 0 Å². The summed E-state index contributed by atoms with van der Waals surface area (Å²) >= 11 is 2.26. The molecule has 0 bridgehead atoms. The van der Waals surface area contributed by atoms with Crippen LogP contribution in [0.25, 0.3) is 0 Å². The highest BCUT2D eigenvalue weighted by Gasteiger charge is 2.10. The van der Waals surface area contributed by atoms with Gasteiger partial charge in [0.25, 0.3) is 0 Å². The van der Waals surface area contributed by atoms with E-state index in [1.165, 1.54) is 0 Å². The molecule has 8 heavy (non-hydrogen) atoms. The van der Waals surface area contributed by atoms with E-state index >= 15 is 0 Å². The average molecular weight is 228 g/mol. The fourth-order valence-corrected chi connectivity index (χ4v) is 1.13. The number of rotatable bonds is 1. The van der Waals surface area contributed by atoms with Crippen molar-refractivity contribution in [3.05, 3.63) is 0 Å². The Morgan fingerprint density at radius 3 is 2.38 bits per heavy atom. The molecule has 1 aliphatic rings. The van der Waals surface area contributed by atoms with Crippen LogP contribution < -0.4 is 0 Å². The normalized spacial score (nSPS) is 23.6. The Bertz CT molecular complexity index is 61.4. The van der Waals surface area contributed by atoms with Crippen LogP contribution in [0, 0.1) is 0 Å². The molecule has 0 aromatic heterocycles. The molecule has 2 nitrogen and oxygen atoms in total. The van der Waals surface area contributed by atoms with Crippen LogP contribution in [0.5, 0.6) is 0 Å². The first-order chi connectivity index (χ1) is 3.93. The monoisotopic (exact) mass is 228 g/mol. The first-order valence-electron chi connectivity index (χ1n) is 2.72. The molecule has 48 valence electrons. The summed E-state index contributed by atoms with van der Waals surface area (Å²) in [4.78, 5) is 0. The molecule has 1 aliphatic heterocycles. The summed E-state index contributed by atoms with van der Waals surface area (Å²) in [5.41, 5.74) is 0. The second-order valence-electron chi connectivity index (χ2n) is 1.68. The lowest BCUT2D eigenvalue weighted by Crippen LogP contribution is -2.25. The second-order valence-corrected chi connectivity index (χ2v) is 2.56. The Kier molecular flexibility index (Phi) is 3.07. The van der Waals surface area contributed by atoms with Crippen LogP contribution >= 0.6 is 22.6 Å². The molecule has 0 spiro atoms. The largest absolute Gasteiger partial charge is 0.352 e. The average Bonchev–Trinajstić information content (AvgIpc) is 1.90. The van der Waals surface area contributed by atoms with Gasteiger partial charge in [-0.25, -0.2) is 0 Å². The minimum absolute atomic E-state index is 0.0735. The third-order valence-corrected chi connectivity index (χ3v) is 1.74. The predicted octanol–water partition coefficient (Wildman–Crippen LogP) is 1.18. The van der Waals surface area contributed by atoms with Gasteiger partial charge in [0.2, 0.25) is 0 Å². The number of alkyl halides is 1. The molecule has 0 atom stereocenters. The van der Waals surface area contributed by atoms with Crippen molar-refractivity contribution in [2.24, 2.45) is 0 Å². The van der Waals surface area contributed by atoms with Crippen molar-refractivity contribution in [1.29, 1.82) is 0 Å². The van der Waals surface area contributed by atoms with E-state index < -0.39 is 0 Å². The zero-order valence-electron chi connectivity index (χ0n) is 4.60. The van der Waals surface area contributed by atoms with Crippen molar-refractivity contribution in [2.45, 2.75) is 12.7 Å². The molecule has 1 heterocycles. The maximum atomic E-state index is 5.20. The molecule has 0 unspecified atom stereocenters. The summed E-state index contributed by atoms with van der Waals surface area (Å²) in [5, 5.41) is 0. The molecule has 1 fully saturated rings. The zero-order chi connectivity index (χ0) is 5.82. The molecular formula is C5H9IO2. The molecular weight excluding hydrogens is 219 g/mol. The van der Waals surface area contributed by atoms with E-state index in [1.54, 1.807) is 0 Å². The fourth-order valence-electron chi connectivity index (χ4n) is 0.626. The SMILES string of the molecule is ICC1OCCCO1. The fraction of sp³-hybridized carbons (Fsp3) is 1.00. The minimum atomic E-state index is 0.0735. The lowest BCUT2D eigenvalue weighted by Gasteiger charge is -2.20. The van der Waals surface area contributed by atoms with Gasteiger partial charge in [0.1, 0.15) is 0 Å². The Balaban J connectivity index is 2.13. The predicted molar refractivity (Wildman–Crippen MR) is 39.2 cm³/mol. The Hall–Kier alpha value is 0.650. The van der Waals surface area contributed by atoms with E-state index in [-0.39, 0.29) is 6.29 Å². The zero-order valence-corrected chi connectivity index (χ0v) is 6.76. The minimum Gasteiger partial charge on any atom is -0.352 e. The van der Waals surface area contributed by atoms with Gasteiger partial charge in [-0.15, -0.1) is 0 Å². The summed E-state index contributed by atoms with van der Waals surface area (Å²) < 4.78 is 11.3. The van der Waals surface area contributed by atoms with Crippen molar-refractivity contribution >= 4 is 22.6 Å². The van der Waals surface area contributed by atoms with Gasteiger partial charge in [-0.1, -0.05) is 22.6 Å². The molecule has 0 amide bonds. The van der Waals surface area contributed by atoms with Gasteiger partial charge in [0.15, 0.2) is 6.29 Å². The highest BCUT2D eigenvalue weighted by atomic mass is 127. The molecule has 0 aromatic carbocycles. The maximum Gasteiger partial charge on any atom is 0.166 e. The number of ether oxygens (including phenoxy) is 2. The summed E-state index contributed by atoms with van der Waals surface area (Å²) in [6, 6.07) is 0. The number of hydrogen-bond donors (Lipinski definition) is 0. The van der Waals surface area contributed by atoms with Crippen molar-refractivity contribution in [3.63, 3.8) is 0 Å². The van der Waals surface area contributed by atoms with Gasteiger partial charge in [-0.05, 0) is 6.42 Å². The summed E-state index contributed by atoms with van der Waals surface area (Å²) in [6.45, 7) is 1.74. The van der Waals surface area contributed by atoms with Crippen LogP contribution in [-0.2, 0) is 9.47 Å². The quantitative estimate of drug-likeness (QED) is 0.495. The van der Waals surface area contributed by atoms with Crippen LogP contribution in [0.2, 0.25) is 0 Å². The first kappa shape index (κ1) is 6.77. The highest BCUT2D eigenvalue weighted by molar-refractivity contribution is 14.1. The summed E-state index contributed by atoms with van der Waals surface area (Å²) in [5.74, 6) is 0. The molecule has 0 N–H and O–H groups in total. The van der Waals surface area contributed by atoms with Gasteiger partial charge < -0.3 is 9.47 Å². The molecule has 3 heteroatoms. The van der Waals surface area contributed by atoms with Crippen molar-refractivity contribution < 1.29 is 9.47 Å². The molecule has 1 rings (SSSR count). The molecule has 1 saturated heterocycles. The smallest absolute Gasteiger partial charge is 0.166 e. The standard InChI is InChI=1S/C5H9IO2/c6-4-5-7-2-1-3-8-5/h5H,1-4H2. The van der Waals surface area contributed by atoms with Gasteiger partial charge in [0.05, 0.1) is 17.6 Å².